The van der Waals surface area contributed by atoms with Gasteiger partial charge in [0.15, 0.2) is 10.2 Å². The average molecular weight is 316 g/mol. The molecule has 1 saturated carbocycles. The molecular formula is C12H14ClN3O3S. The maximum atomic E-state index is 12.4. The van der Waals surface area contributed by atoms with E-state index in [0.29, 0.717) is 5.65 Å². The first-order valence-corrected chi connectivity index (χ1v) is 8.07. The van der Waals surface area contributed by atoms with E-state index in [1.165, 1.54) is 4.40 Å². The van der Waals surface area contributed by atoms with E-state index in [-0.39, 0.29) is 28.7 Å². The van der Waals surface area contributed by atoms with Crippen LogP contribution in [0.1, 0.15) is 12.8 Å². The third-order valence-electron chi connectivity index (χ3n) is 3.63. The maximum absolute atomic E-state index is 12.4. The second-order valence-electron chi connectivity index (χ2n) is 5.12. The third kappa shape index (κ3) is 2.31. The van der Waals surface area contributed by atoms with Crippen molar-refractivity contribution in [3.63, 3.8) is 0 Å². The van der Waals surface area contributed by atoms with Crippen molar-refractivity contribution in [2.45, 2.75) is 17.9 Å². The van der Waals surface area contributed by atoms with Crippen LogP contribution in [0.2, 0.25) is 5.15 Å². The van der Waals surface area contributed by atoms with Crippen LogP contribution in [0.4, 0.5) is 0 Å². The lowest BCUT2D eigenvalue weighted by Crippen LogP contribution is -2.32. The van der Waals surface area contributed by atoms with Crippen molar-refractivity contribution in [1.29, 1.82) is 0 Å². The summed E-state index contributed by atoms with van der Waals surface area (Å²) in [6, 6.07) is 5.15. The molecule has 0 radical (unpaired) electrons. The van der Waals surface area contributed by atoms with Gasteiger partial charge in [0.2, 0.25) is 0 Å². The van der Waals surface area contributed by atoms with Crippen LogP contribution in [-0.4, -0.2) is 36.1 Å². The number of halogens is 1. The fourth-order valence-electron chi connectivity index (χ4n) is 2.07. The molecule has 2 aromatic heterocycles. The first kappa shape index (κ1) is 13.8. The minimum absolute atomic E-state index is 0.0175. The molecule has 0 unspecified atom stereocenters. The number of aromatic nitrogens is 2. The Labute approximate surface area is 121 Å². The van der Waals surface area contributed by atoms with Gasteiger partial charge in [0.1, 0.15) is 5.65 Å². The van der Waals surface area contributed by atoms with Crippen molar-refractivity contribution in [3.05, 3.63) is 29.5 Å². The molecule has 20 heavy (non-hydrogen) atoms. The van der Waals surface area contributed by atoms with Gasteiger partial charge in [-0.1, -0.05) is 17.7 Å². The van der Waals surface area contributed by atoms with Gasteiger partial charge in [-0.3, -0.25) is 4.40 Å². The minimum Gasteiger partial charge on any atom is -0.396 e. The first-order chi connectivity index (χ1) is 9.47. The van der Waals surface area contributed by atoms with Crippen LogP contribution in [0.25, 0.3) is 5.65 Å². The van der Waals surface area contributed by atoms with Gasteiger partial charge in [0.05, 0.1) is 0 Å². The van der Waals surface area contributed by atoms with Gasteiger partial charge in [-0.05, 0) is 25.0 Å². The summed E-state index contributed by atoms with van der Waals surface area (Å²) < 4.78 is 28.7. The van der Waals surface area contributed by atoms with Crippen molar-refractivity contribution in [2.75, 3.05) is 13.2 Å². The maximum Gasteiger partial charge on any atom is 0.259 e. The highest BCUT2D eigenvalue weighted by Gasteiger charge is 2.43. The molecule has 2 heterocycles. The van der Waals surface area contributed by atoms with E-state index in [1.807, 2.05) is 0 Å². The van der Waals surface area contributed by atoms with Crippen LogP contribution in [0.3, 0.4) is 0 Å². The molecule has 0 atom stereocenters. The molecule has 2 aromatic rings. The van der Waals surface area contributed by atoms with Gasteiger partial charge >= 0.3 is 0 Å². The van der Waals surface area contributed by atoms with E-state index < -0.39 is 10.0 Å². The molecule has 0 bridgehead atoms. The topological polar surface area (TPSA) is 83.7 Å². The highest BCUT2D eigenvalue weighted by Crippen LogP contribution is 2.44. The Morgan fingerprint density at radius 2 is 2.20 bits per heavy atom. The predicted octanol–water partition coefficient (Wildman–Crippen LogP) is 1.04. The van der Waals surface area contributed by atoms with Crippen molar-refractivity contribution in [2.24, 2.45) is 5.41 Å². The summed E-state index contributed by atoms with van der Waals surface area (Å²) in [4.78, 5) is 4.02. The molecule has 0 saturated heterocycles. The van der Waals surface area contributed by atoms with E-state index in [2.05, 4.69) is 9.71 Å². The van der Waals surface area contributed by atoms with Gasteiger partial charge in [-0.15, -0.1) is 0 Å². The molecule has 1 aliphatic rings. The monoisotopic (exact) mass is 315 g/mol. The number of aliphatic hydroxyl groups is 1. The first-order valence-electron chi connectivity index (χ1n) is 6.21. The van der Waals surface area contributed by atoms with Crippen LogP contribution in [0.5, 0.6) is 0 Å². The molecule has 108 valence electrons. The Morgan fingerprint density at radius 1 is 1.45 bits per heavy atom. The SMILES string of the molecule is O=S(=O)(NCC1(CO)CC1)c1c(Cl)nc2ccccn12. The molecule has 0 aromatic carbocycles. The Morgan fingerprint density at radius 3 is 2.85 bits per heavy atom. The molecule has 0 amide bonds. The molecule has 0 aliphatic heterocycles. The number of sulfonamides is 1. The van der Waals surface area contributed by atoms with E-state index in [0.717, 1.165) is 12.8 Å². The lowest BCUT2D eigenvalue weighted by molar-refractivity contribution is 0.213. The number of nitrogens with zero attached hydrogens (tertiary/aromatic N) is 2. The average Bonchev–Trinajstić information content (AvgIpc) is 3.12. The second kappa shape index (κ2) is 4.70. The summed E-state index contributed by atoms with van der Waals surface area (Å²) in [6.45, 7) is 0.193. The molecule has 3 rings (SSSR count). The Hall–Kier alpha value is -1.15. The minimum atomic E-state index is -3.77. The molecule has 1 aliphatic carbocycles. The Kier molecular flexibility index (Phi) is 3.24. The van der Waals surface area contributed by atoms with E-state index >= 15 is 0 Å². The van der Waals surface area contributed by atoms with Crippen LogP contribution in [0, 0.1) is 5.41 Å². The number of rotatable bonds is 5. The zero-order valence-electron chi connectivity index (χ0n) is 10.6. The summed E-state index contributed by atoms with van der Waals surface area (Å²) in [7, 11) is -3.77. The largest absolute Gasteiger partial charge is 0.396 e. The molecule has 0 spiro atoms. The lowest BCUT2D eigenvalue weighted by atomic mass is 10.1. The number of fused-ring (bicyclic) bond motifs is 1. The standard InChI is InChI=1S/C12H14ClN3O3S/c13-10-11(16-6-2-1-3-9(16)15-10)20(18,19)14-7-12(8-17)4-5-12/h1-3,6,14,17H,4-5,7-8H2. The van der Waals surface area contributed by atoms with Gasteiger partial charge in [-0.2, -0.15) is 0 Å². The Bertz CT molecular complexity index is 752. The second-order valence-corrected chi connectivity index (χ2v) is 7.16. The van der Waals surface area contributed by atoms with Crippen LogP contribution >= 0.6 is 11.6 Å². The van der Waals surface area contributed by atoms with Crippen molar-refractivity contribution in [1.82, 2.24) is 14.1 Å². The zero-order chi connectivity index (χ0) is 14.4. The number of hydrogen-bond acceptors (Lipinski definition) is 4. The number of pyridine rings is 1. The van der Waals surface area contributed by atoms with Gasteiger partial charge in [0, 0.05) is 24.8 Å². The number of aliphatic hydroxyl groups excluding tert-OH is 1. The van der Waals surface area contributed by atoms with Crippen LogP contribution < -0.4 is 4.72 Å². The lowest BCUT2D eigenvalue weighted by Gasteiger charge is -2.13. The molecule has 6 nitrogen and oxygen atoms in total. The number of hydrogen-bond donors (Lipinski definition) is 2. The molecular weight excluding hydrogens is 302 g/mol. The highest BCUT2D eigenvalue weighted by molar-refractivity contribution is 7.89. The van der Waals surface area contributed by atoms with Crippen molar-refractivity contribution < 1.29 is 13.5 Å². The van der Waals surface area contributed by atoms with Crippen LogP contribution in [0.15, 0.2) is 29.4 Å². The Balaban J connectivity index is 1.95. The summed E-state index contributed by atoms with van der Waals surface area (Å²) in [5, 5.41) is 9.11. The summed E-state index contributed by atoms with van der Waals surface area (Å²) in [5.74, 6) is 0. The predicted molar refractivity (Wildman–Crippen MR) is 74.1 cm³/mol. The third-order valence-corrected chi connectivity index (χ3v) is 5.43. The van der Waals surface area contributed by atoms with Crippen molar-refractivity contribution in [3.8, 4) is 0 Å². The van der Waals surface area contributed by atoms with Gasteiger partial charge < -0.3 is 5.11 Å². The number of imidazole rings is 1. The molecule has 2 N–H and O–H groups in total. The zero-order valence-corrected chi connectivity index (χ0v) is 12.2. The fourth-order valence-corrected chi connectivity index (χ4v) is 3.87. The summed E-state index contributed by atoms with van der Waals surface area (Å²) in [6.07, 6.45) is 3.25. The fraction of sp³-hybridized carbons (Fsp3) is 0.417. The van der Waals surface area contributed by atoms with E-state index in [4.69, 9.17) is 11.6 Å². The smallest absolute Gasteiger partial charge is 0.259 e. The highest BCUT2D eigenvalue weighted by atomic mass is 35.5. The van der Waals surface area contributed by atoms with E-state index in [9.17, 15) is 13.5 Å². The number of nitrogens with one attached hydrogen (secondary N) is 1. The van der Waals surface area contributed by atoms with Crippen LogP contribution in [-0.2, 0) is 10.0 Å². The summed E-state index contributed by atoms with van der Waals surface area (Å²) in [5.41, 5.74) is 0.168. The van der Waals surface area contributed by atoms with Gasteiger partial charge in [0.25, 0.3) is 10.0 Å². The normalized spacial score (nSPS) is 17.5. The van der Waals surface area contributed by atoms with Crippen molar-refractivity contribution >= 4 is 27.3 Å². The van der Waals surface area contributed by atoms with Gasteiger partial charge in [-0.25, -0.2) is 18.1 Å². The van der Waals surface area contributed by atoms with E-state index in [1.54, 1.807) is 24.4 Å². The molecule has 8 heteroatoms. The quantitative estimate of drug-likeness (QED) is 0.863. The summed E-state index contributed by atoms with van der Waals surface area (Å²) >= 11 is 5.95. The molecule has 1 fully saturated rings.